The summed E-state index contributed by atoms with van der Waals surface area (Å²) in [5.74, 6) is -0.371. The number of carbonyl (C=O) groups is 1. The highest BCUT2D eigenvalue weighted by Gasteiger charge is 2.32. The Hall–Kier alpha value is -1.69. The number of hydrogen-bond acceptors (Lipinski definition) is 5. The van der Waals surface area contributed by atoms with Gasteiger partial charge in [-0.05, 0) is 12.8 Å². The first kappa shape index (κ1) is 11.8. The molecule has 0 radical (unpaired) electrons. The summed E-state index contributed by atoms with van der Waals surface area (Å²) in [6, 6.07) is 0.393. The van der Waals surface area contributed by atoms with Crippen molar-refractivity contribution in [3.05, 3.63) is 18.1 Å². The minimum atomic E-state index is -1.06. The summed E-state index contributed by atoms with van der Waals surface area (Å²) >= 11 is 0. The molecular weight excluding hydrogens is 222 g/mol. The Kier molecular flexibility index (Phi) is 3.23. The van der Waals surface area contributed by atoms with E-state index in [9.17, 15) is 4.79 Å². The Morgan fingerprint density at radius 2 is 2.18 bits per heavy atom. The van der Waals surface area contributed by atoms with E-state index in [4.69, 9.17) is 9.84 Å². The smallest absolute Gasteiger partial charge is 0.356 e. The molecule has 0 unspecified atom stereocenters. The van der Waals surface area contributed by atoms with Crippen molar-refractivity contribution in [2.45, 2.75) is 25.0 Å². The molecule has 2 rings (SSSR count). The lowest BCUT2D eigenvalue weighted by atomic mass is 9.88. The first-order valence-corrected chi connectivity index (χ1v) is 5.42. The molecule has 1 saturated carbocycles. The van der Waals surface area contributed by atoms with Crippen LogP contribution in [0.2, 0.25) is 0 Å². The number of anilines is 1. The number of ether oxygens (including phenoxy) is 1. The van der Waals surface area contributed by atoms with Crippen LogP contribution < -0.4 is 4.90 Å². The lowest BCUT2D eigenvalue weighted by Gasteiger charge is -2.40. The molecule has 0 aliphatic heterocycles. The minimum absolute atomic E-state index is 0.0365. The van der Waals surface area contributed by atoms with E-state index in [1.165, 1.54) is 12.4 Å². The predicted octanol–water partition coefficient (Wildman–Crippen LogP) is 0.788. The highest BCUT2D eigenvalue weighted by molar-refractivity contribution is 5.84. The number of carboxylic acid groups (broad SMARTS) is 1. The molecule has 6 nitrogen and oxygen atoms in total. The second-order valence-corrected chi connectivity index (χ2v) is 4.16. The summed E-state index contributed by atoms with van der Waals surface area (Å²) in [6.07, 6.45) is 5.03. The number of nitrogens with zero attached hydrogens (tertiary/aromatic N) is 3. The molecule has 0 amide bonds. The molecule has 17 heavy (non-hydrogen) atoms. The van der Waals surface area contributed by atoms with E-state index in [2.05, 4.69) is 9.97 Å². The standard InChI is InChI=1S/C11H15N3O3/c1-14(7-3-8(4-7)17-2)10-6-12-9(5-13-10)11(15)16/h5-8H,3-4H2,1-2H3,(H,15,16). The highest BCUT2D eigenvalue weighted by Crippen LogP contribution is 2.29. The molecule has 0 aromatic carbocycles. The van der Waals surface area contributed by atoms with E-state index in [0.717, 1.165) is 12.8 Å². The fourth-order valence-electron chi connectivity index (χ4n) is 1.85. The molecular formula is C11H15N3O3. The van der Waals surface area contributed by atoms with Crippen LogP contribution in [0, 0.1) is 0 Å². The SMILES string of the molecule is COC1CC(N(C)c2cnc(C(=O)O)cn2)C1. The van der Waals surface area contributed by atoms with Gasteiger partial charge in [0, 0.05) is 20.2 Å². The molecule has 1 aromatic rings. The van der Waals surface area contributed by atoms with Gasteiger partial charge in [0.15, 0.2) is 5.69 Å². The van der Waals surface area contributed by atoms with Crippen molar-refractivity contribution in [2.24, 2.45) is 0 Å². The minimum Gasteiger partial charge on any atom is -0.476 e. The molecule has 1 fully saturated rings. The van der Waals surface area contributed by atoms with Crippen molar-refractivity contribution >= 4 is 11.8 Å². The van der Waals surface area contributed by atoms with E-state index < -0.39 is 5.97 Å². The number of methoxy groups -OCH3 is 1. The molecule has 6 heteroatoms. The predicted molar refractivity (Wildman–Crippen MR) is 61.2 cm³/mol. The van der Waals surface area contributed by atoms with Gasteiger partial charge in [-0.3, -0.25) is 0 Å². The molecule has 1 aliphatic carbocycles. The van der Waals surface area contributed by atoms with Gasteiger partial charge in [0.1, 0.15) is 5.82 Å². The summed E-state index contributed by atoms with van der Waals surface area (Å²) in [5.41, 5.74) is -0.0365. The average Bonchev–Trinajstić information content (AvgIpc) is 2.27. The van der Waals surface area contributed by atoms with Crippen molar-refractivity contribution in [3.63, 3.8) is 0 Å². The third kappa shape index (κ3) is 2.36. The molecule has 0 atom stereocenters. The van der Waals surface area contributed by atoms with Crippen LogP contribution >= 0.6 is 0 Å². The first-order chi connectivity index (χ1) is 8.11. The second kappa shape index (κ2) is 4.67. The molecule has 0 spiro atoms. The van der Waals surface area contributed by atoms with Crippen molar-refractivity contribution in [1.82, 2.24) is 9.97 Å². The largest absolute Gasteiger partial charge is 0.476 e. The van der Waals surface area contributed by atoms with Crippen molar-refractivity contribution in [1.29, 1.82) is 0 Å². The molecule has 0 bridgehead atoms. The summed E-state index contributed by atoms with van der Waals surface area (Å²) in [4.78, 5) is 20.6. The monoisotopic (exact) mass is 237 g/mol. The topological polar surface area (TPSA) is 75.5 Å². The van der Waals surface area contributed by atoms with Gasteiger partial charge in [0.05, 0.1) is 18.5 Å². The van der Waals surface area contributed by atoms with E-state index in [0.29, 0.717) is 18.0 Å². The maximum Gasteiger partial charge on any atom is 0.356 e. The van der Waals surface area contributed by atoms with E-state index in [-0.39, 0.29) is 5.69 Å². The molecule has 1 heterocycles. The molecule has 92 valence electrons. The van der Waals surface area contributed by atoms with Crippen LogP contribution in [0.25, 0.3) is 0 Å². The number of aromatic carboxylic acids is 1. The Bertz CT molecular complexity index is 401. The summed E-state index contributed by atoms with van der Waals surface area (Å²) in [6.45, 7) is 0. The molecule has 1 N–H and O–H groups in total. The van der Waals surface area contributed by atoms with Gasteiger partial charge in [0.2, 0.25) is 0 Å². The highest BCUT2D eigenvalue weighted by atomic mass is 16.5. The Labute approximate surface area is 99.2 Å². The van der Waals surface area contributed by atoms with Gasteiger partial charge in [-0.1, -0.05) is 0 Å². The van der Waals surface area contributed by atoms with E-state index in [1.807, 2.05) is 11.9 Å². The van der Waals surface area contributed by atoms with Crippen LogP contribution in [0.4, 0.5) is 5.82 Å². The Morgan fingerprint density at radius 3 is 2.65 bits per heavy atom. The third-order valence-electron chi connectivity index (χ3n) is 3.17. The number of carboxylic acids is 1. The van der Waals surface area contributed by atoms with Gasteiger partial charge < -0.3 is 14.7 Å². The van der Waals surface area contributed by atoms with Crippen LogP contribution in [-0.2, 0) is 4.74 Å². The van der Waals surface area contributed by atoms with Crippen LogP contribution in [0.1, 0.15) is 23.3 Å². The maximum absolute atomic E-state index is 10.6. The second-order valence-electron chi connectivity index (χ2n) is 4.16. The van der Waals surface area contributed by atoms with Crippen LogP contribution in [0.3, 0.4) is 0 Å². The van der Waals surface area contributed by atoms with Gasteiger partial charge >= 0.3 is 5.97 Å². The van der Waals surface area contributed by atoms with Crippen molar-refractivity contribution in [2.75, 3.05) is 19.1 Å². The molecule has 1 aromatic heterocycles. The molecule has 1 aliphatic rings. The Balaban J connectivity index is 2.00. The van der Waals surface area contributed by atoms with Crippen molar-refractivity contribution in [3.8, 4) is 0 Å². The zero-order valence-corrected chi connectivity index (χ0v) is 9.83. The molecule has 0 saturated heterocycles. The lowest BCUT2D eigenvalue weighted by Crippen LogP contribution is -2.46. The zero-order chi connectivity index (χ0) is 12.4. The van der Waals surface area contributed by atoms with Gasteiger partial charge in [-0.2, -0.15) is 0 Å². The number of hydrogen-bond donors (Lipinski definition) is 1. The Morgan fingerprint density at radius 1 is 1.47 bits per heavy atom. The van der Waals surface area contributed by atoms with E-state index in [1.54, 1.807) is 7.11 Å². The summed E-state index contributed by atoms with van der Waals surface area (Å²) in [7, 11) is 3.64. The normalized spacial score (nSPS) is 22.9. The van der Waals surface area contributed by atoms with Gasteiger partial charge in [0.25, 0.3) is 0 Å². The third-order valence-corrected chi connectivity index (χ3v) is 3.17. The zero-order valence-electron chi connectivity index (χ0n) is 9.83. The maximum atomic E-state index is 10.6. The number of aromatic nitrogens is 2. The fourth-order valence-corrected chi connectivity index (χ4v) is 1.85. The summed E-state index contributed by atoms with van der Waals surface area (Å²) < 4.78 is 5.21. The van der Waals surface area contributed by atoms with Crippen molar-refractivity contribution < 1.29 is 14.6 Å². The van der Waals surface area contributed by atoms with Gasteiger partial charge in [-0.15, -0.1) is 0 Å². The summed E-state index contributed by atoms with van der Waals surface area (Å²) in [5, 5.41) is 8.71. The number of rotatable bonds is 4. The average molecular weight is 237 g/mol. The van der Waals surface area contributed by atoms with Gasteiger partial charge in [-0.25, -0.2) is 14.8 Å². The van der Waals surface area contributed by atoms with E-state index >= 15 is 0 Å². The fraction of sp³-hybridized carbons (Fsp3) is 0.545. The first-order valence-electron chi connectivity index (χ1n) is 5.42. The lowest BCUT2D eigenvalue weighted by molar-refractivity contribution is 0.0264. The quantitative estimate of drug-likeness (QED) is 0.834. The van der Waals surface area contributed by atoms with Crippen LogP contribution in [0.15, 0.2) is 12.4 Å². The van der Waals surface area contributed by atoms with Crippen LogP contribution in [0.5, 0.6) is 0 Å². The van der Waals surface area contributed by atoms with Crippen LogP contribution in [-0.4, -0.2) is 47.3 Å².